The van der Waals surface area contributed by atoms with Gasteiger partial charge in [-0.3, -0.25) is 4.79 Å². The largest absolute Gasteiger partial charge is 0.338 e. The smallest absolute Gasteiger partial charge is 0.292 e. The molecule has 0 aliphatic carbocycles. The Labute approximate surface area is 127 Å². The number of fused-ring (bicyclic) bond motifs is 2. The summed E-state index contributed by atoms with van der Waals surface area (Å²) in [5, 5.41) is 0.717. The van der Waals surface area contributed by atoms with Gasteiger partial charge in [0.25, 0.3) is 11.7 Å². The molecule has 1 fully saturated rings. The van der Waals surface area contributed by atoms with Crippen molar-refractivity contribution >= 4 is 27.5 Å². The molecule has 1 saturated heterocycles. The van der Waals surface area contributed by atoms with Crippen molar-refractivity contribution in [1.82, 2.24) is 0 Å². The minimum Gasteiger partial charge on any atom is -0.338 e. The van der Waals surface area contributed by atoms with E-state index in [1.807, 2.05) is 24.3 Å². The van der Waals surface area contributed by atoms with Crippen LogP contribution in [0.2, 0.25) is 0 Å². The summed E-state index contributed by atoms with van der Waals surface area (Å²) in [7, 11) is 0. The van der Waals surface area contributed by atoms with Gasteiger partial charge in [0.1, 0.15) is 0 Å². The molecule has 5 heteroatoms. The highest BCUT2D eigenvalue weighted by atomic mass is 79.9. The van der Waals surface area contributed by atoms with Gasteiger partial charge in [0, 0.05) is 22.9 Å². The van der Waals surface area contributed by atoms with Crippen LogP contribution in [0, 0.1) is 5.41 Å². The summed E-state index contributed by atoms with van der Waals surface area (Å²) in [6, 6.07) is 7.70. The Hall–Kier alpha value is -0.910. The van der Waals surface area contributed by atoms with Gasteiger partial charge < -0.3 is 14.4 Å². The normalized spacial score (nSPS) is 23.1. The molecule has 1 aromatic rings. The summed E-state index contributed by atoms with van der Waals surface area (Å²) >= 11 is 3.39. The second-order valence-corrected chi connectivity index (χ2v) is 6.81. The first-order chi connectivity index (χ1) is 9.50. The van der Waals surface area contributed by atoms with Crippen LogP contribution in [0.5, 0.6) is 0 Å². The summed E-state index contributed by atoms with van der Waals surface area (Å²) in [5.41, 5.74) is 1.64. The molecule has 0 aromatic heterocycles. The maximum atomic E-state index is 12.8. The molecule has 3 rings (SSSR count). The van der Waals surface area contributed by atoms with Gasteiger partial charge in [0.15, 0.2) is 0 Å². The summed E-state index contributed by atoms with van der Waals surface area (Å²) < 4.78 is 11.9. The highest BCUT2D eigenvalue weighted by molar-refractivity contribution is 9.09. The summed E-state index contributed by atoms with van der Waals surface area (Å²) in [6.07, 6.45) is 0. The van der Waals surface area contributed by atoms with E-state index in [-0.39, 0.29) is 11.3 Å². The van der Waals surface area contributed by atoms with Crippen molar-refractivity contribution in [1.29, 1.82) is 0 Å². The third-order valence-electron chi connectivity index (χ3n) is 3.72. The lowest BCUT2D eigenvalue weighted by Crippen LogP contribution is -2.51. The van der Waals surface area contributed by atoms with Gasteiger partial charge in [-0.15, -0.1) is 0 Å². The van der Waals surface area contributed by atoms with Gasteiger partial charge in [-0.2, -0.15) is 0 Å². The van der Waals surface area contributed by atoms with E-state index in [0.717, 1.165) is 11.3 Å². The number of halogens is 1. The number of amides is 1. The monoisotopic (exact) mass is 339 g/mol. The molecule has 0 radical (unpaired) electrons. The lowest BCUT2D eigenvalue weighted by Gasteiger charge is -2.40. The zero-order valence-corrected chi connectivity index (χ0v) is 13.3. The molecule has 108 valence electrons. The lowest BCUT2D eigenvalue weighted by molar-refractivity contribution is -0.286. The van der Waals surface area contributed by atoms with Crippen molar-refractivity contribution in [2.45, 2.75) is 19.6 Å². The van der Waals surface area contributed by atoms with Crippen LogP contribution in [0.25, 0.3) is 0 Å². The standard InChI is InChI=1S/C15H18BrNO3/c1-14(2)9-19-15(20-10-14)11-5-3-4-6-12(11)17(8-7-16)13(15)18/h3-6H,7-10H2,1-2H3. The number of anilines is 1. The van der Waals surface area contributed by atoms with Crippen molar-refractivity contribution < 1.29 is 14.3 Å². The number of rotatable bonds is 2. The second-order valence-electron chi connectivity index (χ2n) is 6.02. The maximum absolute atomic E-state index is 12.8. The maximum Gasteiger partial charge on any atom is 0.292 e. The molecule has 0 saturated carbocycles. The highest BCUT2D eigenvalue weighted by Crippen LogP contribution is 2.47. The van der Waals surface area contributed by atoms with E-state index in [0.29, 0.717) is 25.1 Å². The molecule has 0 N–H and O–H groups in total. The third-order valence-corrected chi connectivity index (χ3v) is 4.07. The van der Waals surface area contributed by atoms with Crippen molar-refractivity contribution in [3.05, 3.63) is 29.8 Å². The van der Waals surface area contributed by atoms with Crippen LogP contribution >= 0.6 is 15.9 Å². The Balaban J connectivity index is 2.02. The average molecular weight is 340 g/mol. The number of benzene rings is 1. The first-order valence-electron chi connectivity index (χ1n) is 6.75. The first-order valence-corrected chi connectivity index (χ1v) is 7.88. The molecular formula is C15H18BrNO3. The summed E-state index contributed by atoms with van der Waals surface area (Å²) in [6.45, 7) is 5.76. The number of carbonyl (C=O) groups is 1. The number of carbonyl (C=O) groups excluding carboxylic acids is 1. The molecule has 1 spiro atoms. The number of hydrogen-bond acceptors (Lipinski definition) is 3. The molecule has 0 bridgehead atoms. The fraction of sp³-hybridized carbons (Fsp3) is 0.533. The number of hydrogen-bond donors (Lipinski definition) is 0. The zero-order valence-electron chi connectivity index (χ0n) is 11.7. The van der Waals surface area contributed by atoms with Crippen LogP contribution in [0.1, 0.15) is 19.4 Å². The molecule has 1 amide bonds. The molecule has 0 unspecified atom stereocenters. The Morgan fingerprint density at radius 3 is 2.55 bits per heavy atom. The zero-order chi connectivity index (χ0) is 14.4. The molecule has 1 aromatic carbocycles. The van der Waals surface area contributed by atoms with Crippen molar-refractivity contribution in [2.24, 2.45) is 5.41 Å². The highest BCUT2D eigenvalue weighted by Gasteiger charge is 2.56. The van der Waals surface area contributed by atoms with Crippen LogP contribution in [0.15, 0.2) is 24.3 Å². The molecular weight excluding hydrogens is 322 g/mol. The van der Waals surface area contributed by atoms with E-state index < -0.39 is 5.79 Å². The number of nitrogens with zero attached hydrogens (tertiary/aromatic N) is 1. The van der Waals surface area contributed by atoms with E-state index >= 15 is 0 Å². The Bertz CT molecular complexity index is 534. The fourth-order valence-corrected chi connectivity index (χ4v) is 3.01. The van der Waals surface area contributed by atoms with Gasteiger partial charge in [-0.1, -0.05) is 48.0 Å². The van der Waals surface area contributed by atoms with Gasteiger partial charge in [0.05, 0.1) is 18.9 Å². The molecule has 20 heavy (non-hydrogen) atoms. The van der Waals surface area contributed by atoms with Gasteiger partial charge >= 0.3 is 0 Å². The quantitative estimate of drug-likeness (QED) is 0.777. The second kappa shape index (κ2) is 4.83. The molecule has 2 heterocycles. The lowest BCUT2D eigenvalue weighted by atomic mass is 9.93. The molecule has 4 nitrogen and oxygen atoms in total. The van der Waals surface area contributed by atoms with Crippen LogP contribution in [0.4, 0.5) is 5.69 Å². The van der Waals surface area contributed by atoms with Crippen LogP contribution in [-0.4, -0.2) is 31.0 Å². The number of alkyl halides is 1. The molecule has 2 aliphatic heterocycles. The molecule has 0 atom stereocenters. The van der Waals surface area contributed by atoms with Crippen LogP contribution < -0.4 is 4.90 Å². The third kappa shape index (κ3) is 2.00. The first kappa shape index (κ1) is 14.0. The van der Waals surface area contributed by atoms with E-state index in [1.54, 1.807) is 4.90 Å². The van der Waals surface area contributed by atoms with Crippen molar-refractivity contribution in [2.75, 3.05) is 30.0 Å². The SMILES string of the molecule is CC1(C)COC2(OC1)C(=O)N(CCBr)c1ccccc12. The Morgan fingerprint density at radius 2 is 1.90 bits per heavy atom. The average Bonchev–Trinajstić information content (AvgIpc) is 2.66. The number of para-hydroxylation sites is 1. The van der Waals surface area contributed by atoms with Crippen LogP contribution in [-0.2, 0) is 20.1 Å². The van der Waals surface area contributed by atoms with Gasteiger partial charge in [0.2, 0.25) is 0 Å². The van der Waals surface area contributed by atoms with E-state index in [1.165, 1.54) is 0 Å². The van der Waals surface area contributed by atoms with E-state index in [4.69, 9.17) is 9.47 Å². The Kier molecular flexibility index (Phi) is 3.39. The van der Waals surface area contributed by atoms with Crippen molar-refractivity contribution in [3.63, 3.8) is 0 Å². The van der Waals surface area contributed by atoms with Gasteiger partial charge in [-0.25, -0.2) is 0 Å². The number of ether oxygens (including phenoxy) is 2. The fourth-order valence-electron chi connectivity index (χ4n) is 2.65. The molecule has 2 aliphatic rings. The van der Waals surface area contributed by atoms with E-state index in [2.05, 4.69) is 29.8 Å². The summed E-state index contributed by atoms with van der Waals surface area (Å²) in [4.78, 5) is 14.5. The minimum atomic E-state index is -1.24. The minimum absolute atomic E-state index is 0.0662. The van der Waals surface area contributed by atoms with Gasteiger partial charge in [-0.05, 0) is 6.07 Å². The summed E-state index contributed by atoms with van der Waals surface area (Å²) in [5.74, 6) is -1.36. The predicted molar refractivity (Wildman–Crippen MR) is 80.0 cm³/mol. The predicted octanol–water partition coefficient (Wildman–Crippen LogP) is 2.65. The van der Waals surface area contributed by atoms with Crippen molar-refractivity contribution in [3.8, 4) is 0 Å². The topological polar surface area (TPSA) is 38.8 Å². The Morgan fingerprint density at radius 1 is 1.25 bits per heavy atom. The van der Waals surface area contributed by atoms with Crippen LogP contribution in [0.3, 0.4) is 0 Å². The van der Waals surface area contributed by atoms with E-state index in [9.17, 15) is 4.79 Å².